The van der Waals surface area contributed by atoms with E-state index in [4.69, 9.17) is 10.5 Å². The van der Waals surface area contributed by atoms with Crippen LogP contribution in [0.3, 0.4) is 0 Å². The molecule has 0 radical (unpaired) electrons. The largest absolute Gasteiger partial charge is 0.465 e. The van der Waals surface area contributed by atoms with Crippen LogP contribution in [0.2, 0.25) is 0 Å². The molecule has 3 N–H and O–H groups in total. The van der Waals surface area contributed by atoms with Gasteiger partial charge in [-0.3, -0.25) is 0 Å². The van der Waals surface area contributed by atoms with Crippen molar-refractivity contribution < 1.29 is 9.53 Å². The quantitative estimate of drug-likeness (QED) is 0.795. The highest BCUT2D eigenvalue weighted by Crippen LogP contribution is 2.22. The second-order valence-corrected chi connectivity index (χ2v) is 4.59. The molecule has 1 heterocycles. The monoisotopic (exact) mass is 249 g/mol. The number of aromatic nitrogens is 1. The summed E-state index contributed by atoms with van der Waals surface area (Å²) in [5, 5.41) is 3.28. The van der Waals surface area contributed by atoms with Crippen LogP contribution in [0.1, 0.15) is 36.0 Å². The molecule has 1 aromatic rings. The molecule has 5 heteroatoms. The standard InChI is InChI=1S/C13H19N3O2/c1-18-13(17)9-5-4-8-15-12(9)16-11-7-3-2-6-10(11)14/h4-5,8,10-11H,2-3,6-7,14H2,1H3,(H,15,16). The van der Waals surface area contributed by atoms with Gasteiger partial charge in [-0.15, -0.1) is 0 Å². The van der Waals surface area contributed by atoms with Crippen molar-refractivity contribution in [1.82, 2.24) is 4.98 Å². The number of pyridine rings is 1. The molecule has 1 aromatic heterocycles. The summed E-state index contributed by atoms with van der Waals surface area (Å²) < 4.78 is 4.74. The minimum absolute atomic E-state index is 0.117. The second-order valence-electron chi connectivity index (χ2n) is 4.59. The van der Waals surface area contributed by atoms with Gasteiger partial charge in [-0.25, -0.2) is 9.78 Å². The fourth-order valence-corrected chi connectivity index (χ4v) is 2.31. The first-order valence-electron chi connectivity index (χ1n) is 6.28. The number of nitrogens with two attached hydrogens (primary N) is 1. The van der Waals surface area contributed by atoms with Gasteiger partial charge in [-0.1, -0.05) is 12.8 Å². The van der Waals surface area contributed by atoms with Gasteiger partial charge in [0.05, 0.1) is 7.11 Å². The summed E-state index contributed by atoms with van der Waals surface area (Å²) in [6, 6.07) is 3.72. The van der Waals surface area contributed by atoms with Crippen molar-refractivity contribution in [3.05, 3.63) is 23.9 Å². The Balaban J connectivity index is 2.15. The van der Waals surface area contributed by atoms with Gasteiger partial charge in [0.2, 0.25) is 0 Å². The predicted octanol–water partition coefficient (Wildman–Crippen LogP) is 1.55. The van der Waals surface area contributed by atoms with Gasteiger partial charge >= 0.3 is 5.97 Å². The van der Waals surface area contributed by atoms with Gasteiger partial charge in [-0.2, -0.15) is 0 Å². The topological polar surface area (TPSA) is 77.2 Å². The lowest BCUT2D eigenvalue weighted by molar-refractivity contribution is 0.0601. The van der Waals surface area contributed by atoms with E-state index in [1.807, 2.05) is 0 Å². The summed E-state index contributed by atoms with van der Waals surface area (Å²) in [4.78, 5) is 15.8. The number of carbonyl (C=O) groups is 1. The van der Waals surface area contributed by atoms with Crippen molar-refractivity contribution in [2.24, 2.45) is 5.73 Å². The number of methoxy groups -OCH3 is 1. The maximum absolute atomic E-state index is 11.6. The van der Waals surface area contributed by atoms with E-state index < -0.39 is 0 Å². The van der Waals surface area contributed by atoms with Crippen molar-refractivity contribution in [2.45, 2.75) is 37.8 Å². The second kappa shape index (κ2) is 5.82. The van der Waals surface area contributed by atoms with Crippen molar-refractivity contribution in [3.63, 3.8) is 0 Å². The van der Waals surface area contributed by atoms with Crippen LogP contribution in [0.5, 0.6) is 0 Å². The summed E-state index contributed by atoms with van der Waals surface area (Å²) in [6.07, 6.45) is 6.01. The van der Waals surface area contributed by atoms with Crippen LogP contribution in [-0.4, -0.2) is 30.1 Å². The summed E-state index contributed by atoms with van der Waals surface area (Å²) in [7, 11) is 1.37. The molecule has 2 rings (SSSR count). The van der Waals surface area contributed by atoms with Gasteiger partial charge in [0.15, 0.2) is 0 Å². The Morgan fingerprint density at radius 2 is 2.28 bits per heavy atom. The maximum Gasteiger partial charge on any atom is 0.341 e. The normalized spacial score (nSPS) is 23.4. The van der Waals surface area contributed by atoms with Crippen LogP contribution in [0.15, 0.2) is 18.3 Å². The molecule has 1 aliphatic rings. The van der Waals surface area contributed by atoms with E-state index in [1.54, 1.807) is 18.3 Å². The Morgan fingerprint density at radius 3 is 3.00 bits per heavy atom. The number of esters is 1. The van der Waals surface area contributed by atoms with Crippen molar-refractivity contribution in [1.29, 1.82) is 0 Å². The zero-order chi connectivity index (χ0) is 13.0. The molecule has 1 aliphatic carbocycles. The van der Waals surface area contributed by atoms with E-state index >= 15 is 0 Å². The molecular weight excluding hydrogens is 230 g/mol. The number of ether oxygens (including phenoxy) is 1. The molecule has 0 spiro atoms. The first-order chi connectivity index (χ1) is 8.72. The number of anilines is 1. The Labute approximate surface area is 107 Å². The molecule has 0 amide bonds. The van der Waals surface area contributed by atoms with Crippen LogP contribution in [0.25, 0.3) is 0 Å². The lowest BCUT2D eigenvalue weighted by Crippen LogP contribution is -2.43. The van der Waals surface area contributed by atoms with E-state index in [0.29, 0.717) is 11.4 Å². The third-order valence-electron chi connectivity index (χ3n) is 3.35. The van der Waals surface area contributed by atoms with E-state index in [-0.39, 0.29) is 18.1 Å². The molecular formula is C13H19N3O2. The maximum atomic E-state index is 11.6. The molecule has 18 heavy (non-hydrogen) atoms. The fraction of sp³-hybridized carbons (Fsp3) is 0.538. The number of hydrogen-bond acceptors (Lipinski definition) is 5. The Morgan fingerprint density at radius 1 is 1.50 bits per heavy atom. The molecule has 2 unspecified atom stereocenters. The summed E-state index contributed by atoms with van der Waals surface area (Å²) in [6.45, 7) is 0. The van der Waals surface area contributed by atoms with Gasteiger partial charge in [0, 0.05) is 18.3 Å². The van der Waals surface area contributed by atoms with Crippen LogP contribution in [0.4, 0.5) is 5.82 Å². The average Bonchev–Trinajstić information content (AvgIpc) is 2.41. The molecule has 98 valence electrons. The summed E-state index contributed by atoms with van der Waals surface area (Å²) in [5.74, 6) is 0.182. The predicted molar refractivity (Wildman–Crippen MR) is 69.4 cm³/mol. The first kappa shape index (κ1) is 12.8. The van der Waals surface area contributed by atoms with E-state index in [0.717, 1.165) is 19.3 Å². The lowest BCUT2D eigenvalue weighted by Gasteiger charge is -2.30. The van der Waals surface area contributed by atoms with E-state index in [2.05, 4.69) is 10.3 Å². The number of rotatable bonds is 3. The minimum Gasteiger partial charge on any atom is -0.465 e. The number of nitrogens with one attached hydrogen (secondary N) is 1. The van der Waals surface area contributed by atoms with Gasteiger partial charge in [-0.05, 0) is 25.0 Å². The smallest absolute Gasteiger partial charge is 0.341 e. The molecule has 0 bridgehead atoms. The molecule has 2 atom stereocenters. The average molecular weight is 249 g/mol. The minimum atomic E-state index is -0.380. The van der Waals surface area contributed by atoms with Crippen LogP contribution >= 0.6 is 0 Å². The third-order valence-corrected chi connectivity index (χ3v) is 3.35. The fourth-order valence-electron chi connectivity index (χ4n) is 2.31. The van der Waals surface area contributed by atoms with Crippen LogP contribution < -0.4 is 11.1 Å². The van der Waals surface area contributed by atoms with Crippen LogP contribution in [-0.2, 0) is 4.74 Å². The van der Waals surface area contributed by atoms with E-state index in [1.165, 1.54) is 13.5 Å². The van der Waals surface area contributed by atoms with Crippen molar-refractivity contribution >= 4 is 11.8 Å². The number of nitrogens with zero attached hydrogens (tertiary/aromatic N) is 1. The zero-order valence-corrected chi connectivity index (χ0v) is 10.6. The highest BCUT2D eigenvalue weighted by Gasteiger charge is 2.23. The highest BCUT2D eigenvalue weighted by molar-refractivity contribution is 5.94. The third kappa shape index (κ3) is 2.79. The zero-order valence-electron chi connectivity index (χ0n) is 10.6. The molecule has 1 saturated carbocycles. The van der Waals surface area contributed by atoms with Crippen LogP contribution in [0, 0.1) is 0 Å². The SMILES string of the molecule is COC(=O)c1cccnc1NC1CCCCC1N. The molecule has 0 aliphatic heterocycles. The Bertz CT molecular complexity index is 422. The van der Waals surface area contributed by atoms with Crippen molar-refractivity contribution in [3.8, 4) is 0 Å². The summed E-state index contributed by atoms with van der Waals surface area (Å²) >= 11 is 0. The highest BCUT2D eigenvalue weighted by atomic mass is 16.5. The van der Waals surface area contributed by atoms with Crippen molar-refractivity contribution in [2.75, 3.05) is 12.4 Å². The van der Waals surface area contributed by atoms with E-state index in [9.17, 15) is 4.79 Å². The molecule has 5 nitrogen and oxygen atoms in total. The first-order valence-corrected chi connectivity index (χ1v) is 6.28. The molecule has 1 fully saturated rings. The number of hydrogen-bond donors (Lipinski definition) is 2. The molecule has 0 aromatic carbocycles. The van der Waals surface area contributed by atoms with Gasteiger partial charge in [0.25, 0.3) is 0 Å². The van der Waals surface area contributed by atoms with Gasteiger partial charge in [0.1, 0.15) is 11.4 Å². The Kier molecular flexibility index (Phi) is 4.15. The lowest BCUT2D eigenvalue weighted by atomic mass is 9.91. The number of carbonyl (C=O) groups excluding carboxylic acids is 1. The Hall–Kier alpha value is -1.62. The summed E-state index contributed by atoms with van der Waals surface area (Å²) in [5.41, 5.74) is 6.54. The van der Waals surface area contributed by atoms with Gasteiger partial charge < -0.3 is 15.8 Å². The molecule has 0 saturated heterocycles.